The molecule has 2 saturated heterocycles. The van der Waals surface area contributed by atoms with E-state index in [1.165, 1.54) is 6.07 Å². The van der Waals surface area contributed by atoms with Crippen molar-refractivity contribution in [2.75, 3.05) is 39.3 Å². The predicted molar refractivity (Wildman–Crippen MR) is 175 cm³/mol. The van der Waals surface area contributed by atoms with Crippen LogP contribution in [-0.2, 0) is 16.1 Å². The van der Waals surface area contributed by atoms with Crippen molar-refractivity contribution in [3.63, 3.8) is 0 Å². The first kappa shape index (κ1) is 33.7. The summed E-state index contributed by atoms with van der Waals surface area (Å²) in [6.45, 7) is 10.1. The first-order chi connectivity index (χ1) is 22.5. The summed E-state index contributed by atoms with van der Waals surface area (Å²) in [4.78, 5) is 41.4. The molecule has 2 fully saturated rings. The van der Waals surface area contributed by atoms with E-state index in [1.54, 1.807) is 10.6 Å². The molecule has 47 heavy (non-hydrogen) atoms. The van der Waals surface area contributed by atoms with Crippen LogP contribution in [0.3, 0.4) is 0 Å². The molecule has 2 aliphatic heterocycles. The first-order valence-electron chi connectivity index (χ1n) is 16.4. The van der Waals surface area contributed by atoms with Crippen LogP contribution in [0, 0.1) is 11.8 Å². The number of benzene rings is 2. The molecule has 1 aromatic heterocycles. The average molecular weight is 648 g/mol. The molecule has 5 rings (SSSR count). The van der Waals surface area contributed by atoms with Crippen molar-refractivity contribution in [3.05, 3.63) is 53.3 Å². The highest BCUT2D eigenvalue weighted by Crippen LogP contribution is 2.38. The summed E-state index contributed by atoms with van der Waals surface area (Å²) in [6, 6.07) is 10.8. The van der Waals surface area contributed by atoms with Crippen LogP contribution in [0.2, 0.25) is 0 Å². The number of likely N-dealkylation sites (tertiary alicyclic amines) is 2. The molecule has 0 unspecified atom stereocenters. The smallest absolute Gasteiger partial charge is 0.404 e. The van der Waals surface area contributed by atoms with Crippen molar-refractivity contribution in [2.24, 2.45) is 17.6 Å². The van der Waals surface area contributed by atoms with Gasteiger partial charge in [0.1, 0.15) is 11.5 Å². The van der Waals surface area contributed by atoms with Gasteiger partial charge in [-0.3, -0.25) is 19.1 Å². The van der Waals surface area contributed by atoms with E-state index in [2.05, 4.69) is 20.4 Å². The minimum Gasteiger partial charge on any atom is -0.508 e. The van der Waals surface area contributed by atoms with Crippen LogP contribution in [0.5, 0.6) is 11.5 Å². The molecule has 13 nitrogen and oxygen atoms in total. The molecular weight excluding hydrogens is 602 g/mol. The van der Waals surface area contributed by atoms with Crippen molar-refractivity contribution >= 4 is 17.9 Å². The Balaban J connectivity index is 1.24. The molecule has 252 valence electrons. The normalized spacial score (nSPS) is 16.4. The number of aromatic nitrogens is 3. The molecular formula is C34H45N7O6. The number of phenolic OH excluding ortho intramolecular Hbond substituents is 2. The SMILES string of the molecule is CCNC(=O)c1nnc(-c2cc(C(C)C)c(O)cc2O)n1-c1ccc(CN2CCC(C(=O)N3CCC(COC(N)=O)CC3)CC2)cc1. The van der Waals surface area contributed by atoms with Crippen LogP contribution in [0.1, 0.15) is 74.1 Å². The Morgan fingerprint density at radius 3 is 2.28 bits per heavy atom. The van der Waals surface area contributed by atoms with Crippen molar-refractivity contribution in [2.45, 2.75) is 58.9 Å². The minimum atomic E-state index is -0.756. The highest BCUT2D eigenvalue weighted by atomic mass is 16.5. The lowest BCUT2D eigenvalue weighted by molar-refractivity contribution is -0.138. The van der Waals surface area contributed by atoms with E-state index in [-0.39, 0.29) is 46.8 Å². The standard InChI is InChI=1S/C34H45N7O6/c1-4-36-32(44)31-38-37-30(27-17-26(21(2)3)28(42)18-29(27)43)41(31)25-7-5-22(6-8-25)19-39-13-11-24(12-14-39)33(45)40-15-9-23(10-16-40)20-47-34(35)46/h5-8,17-18,21,23-24,42-43H,4,9-16,19-20H2,1-3H3,(H2,35,46)(H,36,44). The Bertz CT molecular complexity index is 1570. The van der Waals surface area contributed by atoms with Crippen LogP contribution in [0.25, 0.3) is 17.1 Å². The summed E-state index contributed by atoms with van der Waals surface area (Å²) < 4.78 is 6.56. The zero-order chi connectivity index (χ0) is 33.7. The Labute approximate surface area is 274 Å². The number of nitrogens with zero attached hydrogens (tertiary/aromatic N) is 5. The number of carbonyl (C=O) groups excluding carboxylic acids is 3. The van der Waals surface area contributed by atoms with Crippen molar-refractivity contribution in [1.29, 1.82) is 0 Å². The van der Waals surface area contributed by atoms with Crippen molar-refractivity contribution in [3.8, 4) is 28.6 Å². The monoisotopic (exact) mass is 647 g/mol. The van der Waals surface area contributed by atoms with Gasteiger partial charge in [0.2, 0.25) is 11.7 Å². The predicted octanol–water partition coefficient (Wildman–Crippen LogP) is 3.76. The molecule has 3 heterocycles. The summed E-state index contributed by atoms with van der Waals surface area (Å²) in [7, 11) is 0. The third kappa shape index (κ3) is 7.84. The zero-order valence-electron chi connectivity index (χ0n) is 27.3. The molecule has 0 spiro atoms. The summed E-state index contributed by atoms with van der Waals surface area (Å²) in [5.74, 6) is 0.270. The second-order valence-corrected chi connectivity index (χ2v) is 12.7. The summed E-state index contributed by atoms with van der Waals surface area (Å²) in [5.41, 5.74) is 7.82. The highest BCUT2D eigenvalue weighted by molar-refractivity contribution is 5.92. The van der Waals surface area contributed by atoms with Gasteiger partial charge in [-0.2, -0.15) is 0 Å². The molecule has 3 aromatic rings. The molecule has 2 aromatic carbocycles. The number of ether oxygens (including phenoxy) is 1. The fourth-order valence-corrected chi connectivity index (χ4v) is 6.45. The maximum Gasteiger partial charge on any atom is 0.404 e. The second kappa shape index (κ2) is 14.8. The molecule has 3 amide bonds. The molecule has 0 atom stereocenters. The lowest BCUT2D eigenvalue weighted by atomic mass is 9.92. The third-order valence-corrected chi connectivity index (χ3v) is 9.14. The van der Waals surface area contributed by atoms with E-state index in [0.717, 1.165) is 50.9 Å². The molecule has 5 N–H and O–H groups in total. The van der Waals surface area contributed by atoms with E-state index in [4.69, 9.17) is 10.5 Å². The van der Waals surface area contributed by atoms with Gasteiger partial charge in [-0.05, 0) is 86.9 Å². The van der Waals surface area contributed by atoms with Crippen molar-refractivity contribution in [1.82, 2.24) is 29.9 Å². The number of nitrogens with one attached hydrogen (secondary N) is 1. The average Bonchev–Trinajstić information content (AvgIpc) is 3.49. The van der Waals surface area contributed by atoms with Crippen LogP contribution in [0.4, 0.5) is 4.79 Å². The Kier molecular flexibility index (Phi) is 10.6. The van der Waals surface area contributed by atoms with Gasteiger partial charge in [-0.25, -0.2) is 4.79 Å². The lowest BCUT2D eigenvalue weighted by Gasteiger charge is -2.37. The van der Waals surface area contributed by atoms with E-state index in [1.807, 2.05) is 49.9 Å². The third-order valence-electron chi connectivity index (χ3n) is 9.14. The number of carbonyl (C=O) groups is 3. The number of hydrogen-bond donors (Lipinski definition) is 4. The van der Waals surface area contributed by atoms with Gasteiger partial charge in [0.05, 0.1) is 12.2 Å². The summed E-state index contributed by atoms with van der Waals surface area (Å²) >= 11 is 0. The van der Waals surface area contributed by atoms with Gasteiger partial charge in [-0.15, -0.1) is 10.2 Å². The van der Waals surface area contributed by atoms with Gasteiger partial charge in [0.15, 0.2) is 5.82 Å². The molecule has 13 heteroatoms. The van der Waals surface area contributed by atoms with Gasteiger partial charge in [0, 0.05) is 43.9 Å². The second-order valence-electron chi connectivity index (χ2n) is 12.7. The number of nitrogens with two attached hydrogens (primary N) is 1. The number of rotatable bonds is 10. The van der Waals surface area contributed by atoms with Crippen molar-refractivity contribution < 1.29 is 29.3 Å². The largest absolute Gasteiger partial charge is 0.508 e. The number of hydrogen-bond acceptors (Lipinski definition) is 9. The molecule has 0 bridgehead atoms. The van der Waals surface area contributed by atoms with Gasteiger partial charge < -0.3 is 30.9 Å². The number of phenols is 2. The fourth-order valence-electron chi connectivity index (χ4n) is 6.45. The fraction of sp³-hybridized carbons (Fsp3) is 0.500. The number of primary amides is 1. The minimum absolute atomic E-state index is 0.00952. The van der Waals surface area contributed by atoms with Gasteiger partial charge in [-0.1, -0.05) is 26.0 Å². The van der Waals surface area contributed by atoms with Crippen LogP contribution < -0.4 is 11.1 Å². The maximum absolute atomic E-state index is 13.2. The van der Waals surface area contributed by atoms with E-state index in [9.17, 15) is 24.6 Å². The van der Waals surface area contributed by atoms with Crippen LogP contribution in [-0.4, -0.2) is 92.0 Å². The molecule has 0 saturated carbocycles. The summed E-state index contributed by atoms with van der Waals surface area (Å²) in [5, 5.41) is 32.4. The lowest BCUT2D eigenvalue weighted by Crippen LogP contribution is -2.45. The number of piperidine rings is 2. The Morgan fingerprint density at radius 1 is 0.979 bits per heavy atom. The quantitative estimate of drug-likeness (QED) is 0.255. The number of amides is 3. The first-order valence-corrected chi connectivity index (χ1v) is 16.4. The van der Waals surface area contributed by atoms with Crippen LogP contribution >= 0.6 is 0 Å². The Hall–Kier alpha value is -4.65. The number of aromatic hydroxyl groups is 2. The van der Waals surface area contributed by atoms with E-state index >= 15 is 0 Å². The maximum atomic E-state index is 13.2. The Morgan fingerprint density at radius 2 is 1.66 bits per heavy atom. The van der Waals surface area contributed by atoms with Gasteiger partial charge >= 0.3 is 6.09 Å². The summed E-state index contributed by atoms with van der Waals surface area (Å²) in [6.07, 6.45) is 2.47. The molecule has 0 radical (unpaired) electrons. The van der Waals surface area contributed by atoms with Crippen LogP contribution in [0.15, 0.2) is 36.4 Å². The molecule has 0 aliphatic carbocycles. The van der Waals surface area contributed by atoms with E-state index in [0.29, 0.717) is 43.1 Å². The highest BCUT2D eigenvalue weighted by Gasteiger charge is 2.31. The topological polar surface area (TPSA) is 176 Å². The van der Waals surface area contributed by atoms with Gasteiger partial charge in [0.25, 0.3) is 5.91 Å². The van der Waals surface area contributed by atoms with E-state index < -0.39 is 12.0 Å². The zero-order valence-corrected chi connectivity index (χ0v) is 27.3. The molecule has 2 aliphatic rings.